The molecule has 19 heavy (non-hydrogen) atoms. The molecule has 0 bridgehead atoms. The van der Waals surface area contributed by atoms with E-state index in [2.05, 4.69) is 15.1 Å². The lowest BCUT2D eigenvalue weighted by Gasteiger charge is -2.07. The van der Waals surface area contributed by atoms with Gasteiger partial charge in [0, 0.05) is 6.07 Å². The van der Waals surface area contributed by atoms with Crippen LogP contribution in [0.5, 0.6) is 11.6 Å². The molecule has 2 aromatic rings. The van der Waals surface area contributed by atoms with E-state index in [1.807, 2.05) is 0 Å². The van der Waals surface area contributed by atoms with Gasteiger partial charge in [-0.3, -0.25) is 0 Å². The summed E-state index contributed by atoms with van der Waals surface area (Å²) in [6.07, 6.45) is 2.59. The zero-order valence-electron chi connectivity index (χ0n) is 10.0. The van der Waals surface area contributed by atoms with Crippen LogP contribution in [-0.2, 0) is 0 Å². The fourth-order valence-electron chi connectivity index (χ4n) is 1.35. The molecule has 6 nitrogen and oxygen atoms in total. The Labute approximate surface area is 108 Å². The van der Waals surface area contributed by atoms with Gasteiger partial charge < -0.3 is 15.7 Å². The first-order valence-corrected chi connectivity index (χ1v) is 5.34. The standard InChI is InChI=1S/C12H11FN4O2/c1-7-2-3-8(13)4-10(7)19-11-6-15-9(5-16-11)12(14)17-18/h2-6,18H,1H3,(H2,14,17). The molecular weight excluding hydrogens is 251 g/mol. The van der Waals surface area contributed by atoms with Gasteiger partial charge in [-0.15, -0.1) is 0 Å². The molecule has 0 amide bonds. The summed E-state index contributed by atoms with van der Waals surface area (Å²) < 4.78 is 18.5. The lowest BCUT2D eigenvalue weighted by Crippen LogP contribution is -2.15. The Balaban J connectivity index is 2.22. The van der Waals surface area contributed by atoms with Crippen molar-refractivity contribution < 1.29 is 14.3 Å². The molecule has 3 N–H and O–H groups in total. The monoisotopic (exact) mass is 262 g/mol. The average molecular weight is 262 g/mol. The van der Waals surface area contributed by atoms with Crippen LogP contribution < -0.4 is 10.5 Å². The maximum atomic E-state index is 13.1. The summed E-state index contributed by atoms with van der Waals surface area (Å²) in [5.41, 5.74) is 6.33. The number of halogens is 1. The van der Waals surface area contributed by atoms with Crippen molar-refractivity contribution in [2.24, 2.45) is 10.9 Å². The van der Waals surface area contributed by atoms with Crippen molar-refractivity contribution in [1.29, 1.82) is 0 Å². The molecule has 2 rings (SSSR count). The lowest BCUT2D eigenvalue weighted by atomic mass is 10.2. The predicted molar refractivity (Wildman–Crippen MR) is 65.8 cm³/mol. The largest absolute Gasteiger partial charge is 0.437 e. The van der Waals surface area contributed by atoms with E-state index >= 15 is 0 Å². The highest BCUT2D eigenvalue weighted by atomic mass is 19.1. The van der Waals surface area contributed by atoms with Gasteiger partial charge in [0.25, 0.3) is 0 Å². The molecular formula is C12H11FN4O2. The Morgan fingerprint density at radius 2 is 2.16 bits per heavy atom. The minimum Gasteiger partial charge on any atom is -0.437 e. The van der Waals surface area contributed by atoms with E-state index < -0.39 is 5.82 Å². The number of ether oxygens (including phenoxy) is 1. The Morgan fingerprint density at radius 1 is 1.37 bits per heavy atom. The van der Waals surface area contributed by atoms with Crippen molar-refractivity contribution in [3.05, 3.63) is 47.7 Å². The zero-order chi connectivity index (χ0) is 13.8. The highest BCUT2D eigenvalue weighted by Gasteiger charge is 2.06. The first-order valence-electron chi connectivity index (χ1n) is 5.34. The Bertz CT molecular complexity index is 614. The summed E-state index contributed by atoms with van der Waals surface area (Å²) in [6.45, 7) is 1.78. The Kier molecular flexibility index (Phi) is 3.56. The van der Waals surface area contributed by atoms with Crippen LogP contribution in [0.15, 0.2) is 35.7 Å². The maximum absolute atomic E-state index is 13.1. The quantitative estimate of drug-likeness (QED) is 0.381. The first-order chi connectivity index (χ1) is 9.10. The predicted octanol–water partition coefficient (Wildman–Crippen LogP) is 1.81. The van der Waals surface area contributed by atoms with Crippen molar-refractivity contribution in [3.8, 4) is 11.6 Å². The van der Waals surface area contributed by atoms with Crippen LogP contribution in [0, 0.1) is 12.7 Å². The van der Waals surface area contributed by atoms with Crippen LogP contribution in [0.4, 0.5) is 4.39 Å². The van der Waals surface area contributed by atoms with E-state index in [0.29, 0.717) is 5.75 Å². The highest BCUT2D eigenvalue weighted by molar-refractivity contribution is 5.94. The van der Waals surface area contributed by atoms with E-state index in [1.54, 1.807) is 13.0 Å². The van der Waals surface area contributed by atoms with Crippen LogP contribution >= 0.6 is 0 Å². The van der Waals surface area contributed by atoms with Crippen molar-refractivity contribution in [2.45, 2.75) is 6.92 Å². The topological polar surface area (TPSA) is 93.6 Å². The molecule has 98 valence electrons. The maximum Gasteiger partial charge on any atom is 0.237 e. The molecule has 1 aromatic carbocycles. The third-order valence-corrected chi connectivity index (χ3v) is 2.36. The van der Waals surface area contributed by atoms with Gasteiger partial charge in [0.15, 0.2) is 5.84 Å². The molecule has 0 unspecified atom stereocenters. The van der Waals surface area contributed by atoms with Crippen molar-refractivity contribution in [2.75, 3.05) is 0 Å². The number of benzene rings is 1. The molecule has 0 saturated carbocycles. The van der Waals surface area contributed by atoms with Crippen molar-refractivity contribution in [3.63, 3.8) is 0 Å². The zero-order valence-corrected chi connectivity index (χ0v) is 10.0. The Hall–Kier alpha value is -2.70. The fraction of sp³-hybridized carbons (Fsp3) is 0.0833. The van der Waals surface area contributed by atoms with E-state index in [1.165, 1.54) is 24.5 Å². The Morgan fingerprint density at radius 3 is 2.79 bits per heavy atom. The van der Waals surface area contributed by atoms with Crippen molar-refractivity contribution in [1.82, 2.24) is 9.97 Å². The summed E-state index contributed by atoms with van der Waals surface area (Å²) in [5.74, 6) is -0.0168. The summed E-state index contributed by atoms with van der Waals surface area (Å²) in [4.78, 5) is 7.84. The van der Waals surface area contributed by atoms with Gasteiger partial charge in [0.1, 0.15) is 17.3 Å². The number of aromatic nitrogens is 2. The number of nitrogens with zero attached hydrogens (tertiary/aromatic N) is 3. The van der Waals surface area contributed by atoms with Crippen molar-refractivity contribution >= 4 is 5.84 Å². The second-order valence-corrected chi connectivity index (χ2v) is 3.74. The normalized spacial score (nSPS) is 11.4. The molecule has 0 radical (unpaired) electrons. The molecule has 7 heteroatoms. The minimum absolute atomic E-state index is 0.152. The van der Waals surface area contributed by atoms with Gasteiger partial charge in [0.2, 0.25) is 5.88 Å². The van der Waals surface area contributed by atoms with Crippen LogP contribution in [0.25, 0.3) is 0 Å². The van der Waals surface area contributed by atoms with Gasteiger partial charge >= 0.3 is 0 Å². The van der Waals surface area contributed by atoms with Gasteiger partial charge in [0.05, 0.1) is 12.4 Å². The molecule has 0 fully saturated rings. The van der Waals surface area contributed by atoms with E-state index in [0.717, 1.165) is 5.56 Å². The molecule has 0 atom stereocenters. The fourth-order valence-corrected chi connectivity index (χ4v) is 1.35. The molecule has 1 aromatic heterocycles. The van der Waals surface area contributed by atoms with Gasteiger partial charge in [-0.05, 0) is 18.6 Å². The second kappa shape index (κ2) is 5.30. The van der Waals surface area contributed by atoms with E-state index in [-0.39, 0.29) is 17.4 Å². The minimum atomic E-state index is -0.401. The molecule has 0 aliphatic carbocycles. The summed E-state index contributed by atoms with van der Waals surface area (Å²) in [6, 6.07) is 4.20. The van der Waals surface area contributed by atoms with Gasteiger partial charge in [-0.25, -0.2) is 14.4 Å². The summed E-state index contributed by atoms with van der Waals surface area (Å²) in [7, 11) is 0. The van der Waals surface area contributed by atoms with Crippen LogP contribution in [0.3, 0.4) is 0 Å². The highest BCUT2D eigenvalue weighted by Crippen LogP contribution is 2.23. The van der Waals surface area contributed by atoms with Gasteiger partial charge in [-0.2, -0.15) is 0 Å². The van der Waals surface area contributed by atoms with Gasteiger partial charge in [-0.1, -0.05) is 11.2 Å². The first kappa shape index (κ1) is 12.7. The molecule has 0 saturated heterocycles. The number of aryl methyl sites for hydroxylation is 1. The number of hydrogen-bond acceptors (Lipinski definition) is 5. The average Bonchev–Trinajstić information content (AvgIpc) is 2.43. The van der Waals surface area contributed by atoms with E-state index in [4.69, 9.17) is 15.7 Å². The summed E-state index contributed by atoms with van der Waals surface area (Å²) >= 11 is 0. The number of rotatable bonds is 3. The SMILES string of the molecule is Cc1ccc(F)cc1Oc1cnc(/C(N)=N/O)cn1. The molecule has 1 heterocycles. The molecule has 0 spiro atoms. The van der Waals surface area contributed by atoms with Crippen LogP contribution in [-0.4, -0.2) is 21.0 Å². The third-order valence-electron chi connectivity index (χ3n) is 2.36. The van der Waals surface area contributed by atoms with E-state index in [9.17, 15) is 4.39 Å². The molecule has 0 aliphatic rings. The third kappa shape index (κ3) is 2.95. The molecule has 0 aliphatic heterocycles. The van der Waals surface area contributed by atoms with Crippen LogP contribution in [0.1, 0.15) is 11.3 Å². The second-order valence-electron chi connectivity index (χ2n) is 3.74. The lowest BCUT2D eigenvalue weighted by molar-refractivity contribution is 0.318. The smallest absolute Gasteiger partial charge is 0.237 e. The summed E-state index contributed by atoms with van der Waals surface area (Å²) in [5, 5.41) is 11.3. The van der Waals surface area contributed by atoms with Crippen LogP contribution in [0.2, 0.25) is 0 Å². The number of amidine groups is 1. The number of oxime groups is 1. The number of nitrogens with two attached hydrogens (primary N) is 1. The number of hydrogen-bond donors (Lipinski definition) is 2.